The number of benzene rings is 1. The van der Waals surface area contributed by atoms with Gasteiger partial charge in [0.2, 0.25) is 5.95 Å². The minimum atomic E-state index is -0.419. The zero-order valence-electron chi connectivity index (χ0n) is 12.9. The Morgan fingerprint density at radius 2 is 2.04 bits per heavy atom. The van der Waals surface area contributed by atoms with Gasteiger partial charge in [-0.05, 0) is 30.9 Å². The van der Waals surface area contributed by atoms with Gasteiger partial charge in [0.05, 0.1) is 22.9 Å². The fourth-order valence-corrected chi connectivity index (χ4v) is 3.09. The summed E-state index contributed by atoms with van der Waals surface area (Å²) in [6.45, 7) is 4.13. The van der Waals surface area contributed by atoms with Crippen molar-refractivity contribution in [2.24, 2.45) is 0 Å². The van der Waals surface area contributed by atoms with Gasteiger partial charge in [0, 0.05) is 0 Å². The lowest BCUT2D eigenvalue weighted by atomic mass is 10.1. The Balaban J connectivity index is 1.93. The summed E-state index contributed by atoms with van der Waals surface area (Å²) in [5.41, 5.74) is 2.18. The number of ether oxygens (including phenoxy) is 1. The van der Waals surface area contributed by atoms with Crippen LogP contribution in [0.15, 0.2) is 41.8 Å². The molecule has 1 N–H and O–H groups in total. The number of hydrogen-bond donors (Lipinski definition) is 1. The molecular formula is C17H17N3O2S. The highest BCUT2D eigenvalue weighted by Crippen LogP contribution is 2.25. The third kappa shape index (κ3) is 3.32. The number of aromatic nitrogens is 2. The maximum absolute atomic E-state index is 12.1. The highest BCUT2D eigenvalue weighted by molar-refractivity contribution is 7.17. The number of hydrogen-bond acceptors (Lipinski definition) is 6. The van der Waals surface area contributed by atoms with E-state index in [0.29, 0.717) is 18.2 Å². The molecule has 1 atom stereocenters. The Hall–Kier alpha value is -2.47. The number of fused-ring (bicyclic) bond motifs is 1. The third-order valence-electron chi connectivity index (χ3n) is 3.42. The standard InChI is InChI=1S/C17H17N3O2S/c1-3-22-16(21)14-15-13(9-10-23-15)19-17(20-14)18-11(2)12-7-5-4-6-8-12/h4-11H,3H2,1-2H3,(H,18,19,20)/t11-/m0/s1. The Bertz CT molecular complexity index is 817. The number of carbonyl (C=O) groups is 1. The summed E-state index contributed by atoms with van der Waals surface area (Å²) in [7, 11) is 0. The third-order valence-corrected chi connectivity index (χ3v) is 4.33. The zero-order chi connectivity index (χ0) is 16.2. The second-order valence-corrected chi connectivity index (χ2v) is 5.94. The van der Waals surface area contributed by atoms with Crippen LogP contribution >= 0.6 is 11.3 Å². The van der Waals surface area contributed by atoms with E-state index in [1.807, 2.05) is 48.7 Å². The molecule has 0 bridgehead atoms. The minimum absolute atomic E-state index is 0.0299. The van der Waals surface area contributed by atoms with Crippen LogP contribution in [0.1, 0.15) is 35.9 Å². The van der Waals surface area contributed by atoms with Gasteiger partial charge in [-0.1, -0.05) is 30.3 Å². The van der Waals surface area contributed by atoms with Gasteiger partial charge in [-0.25, -0.2) is 14.8 Å². The second-order valence-electron chi connectivity index (χ2n) is 5.03. The number of nitrogens with zero attached hydrogens (tertiary/aromatic N) is 2. The fraction of sp³-hybridized carbons (Fsp3) is 0.235. The maximum atomic E-state index is 12.1. The van der Waals surface area contributed by atoms with Crippen LogP contribution in [0.2, 0.25) is 0 Å². The molecule has 0 aliphatic rings. The molecule has 2 heterocycles. The van der Waals surface area contributed by atoms with Crippen molar-refractivity contribution in [3.63, 3.8) is 0 Å². The molecule has 0 aliphatic carbocycles. The van der Waals surface area contributed by atoms with E-state index in [1.54, 1.807) is 6.92 Å². The summed E-state index contributed by atoms with van der Waals surface area (Å²) in [6.07, 6.45) is 0. The molecular weight excluding hydrogens is 310 g/mol. The van der Waals surface area contributed by atoms with Crippen molar-refractivity contribution in [2.75, 3.05) is 11.9 Å². The first-order valence-electron chi connectivity index (χ1n) is 7.43. The van der Waals surface area contributed by atoms with Crippen LogP contribution < -0.4 is 5.32 Å². The molecule has 0 saturated heterocycles. The van der Waals surface area contributed by atoms with Crippen molar-refractivity contribution in [2.45, 2.75) is 19.9 Å². The van der Waals surface area contributed by atoms with Crippen LogP contribution in [-0.2, 0) is 4.74 Å². The van der Waals surface area contributed by atoms with Crippen LogP contribution in [0.4, 0.5) is 5.95 Å². The highest BCUT2D eigenvalue weighted by Gasteiger charge is 2.18. The van der Waals surface area contributed by atoms with Crippen molar-refractivity contribution in [1.29, 1.82) is 0 Å². The van der Waals surface area contributed by atoms with Gasteiger partial charge in [-0.3, -0.25) is 0 Å². The van der Waals surface area contributed by atoms with E-state index in [1.165, 1.54) is 11.3 Å². The van der Waals surface area contributed by atoms with Crippen molar-refractivity contribution in [1.82, 2.24) is 9.97 Å². The smallest absolute Gasteiger partial charge is 0.358 e. The van der Waals surface area contributed by atoms with Crippen molar-refractivity contribution in [3.05, 3.63) is 53.0 Å². The Morgan fingerprint density at radius 3 is 2.78 bits per heavy atom. The quantitative estimate of drug-likeness (QED) is 0.717. The van der Waals surface area contributed by atoms with E-state index in [2.05, 4.69) is 15.3 Å². The molecule has 5 nitrogen and oxygen atoms in total. The summed E-state index contributed by atoms with van der Waals surface area (Å²) < 4.78 is 5.85. The van der Waals surface area contributed by atoms with E-state index >= 15 is 0 Å². The minimum Gasteiger partial charge on any atom is -0.461 e. The zero-order valence-corrected chi connectivity index (χ0v) is 13.8. The molecule has 0 unspecified atom stereocenters. The van der Waals surface area contributed by atoms with E-state index in [9.17, 15) is 4.79 Å². The van der Waals surface area contributed by atoms with Crippen LogP contribution in [0.3, 0.4) is 0 Å². The van der Waals surface area contributed by atoms with Gasteiger partial charge in [0.25, 0.3) is 0 Å². The monoisotopic (exact) mass is 327 g/mol. The fourth-order valence-electron chi connectivity index (χ4n) is 2.28. The van der Waals surface area contributed by atoms with Gasteiger partial charge in [0.15, 0.2) is 5.69 Å². The van der Waals surface area contributed by atoms with Crippen molar-refractivity contribution >= 4 is 33.5 Å². The molecule has 0 radical (unpaired) electrons. The van der Waals surface area contributed by atoms with Crippen LogP contribution in [0, 0.1) is 0 Å². The molecule has 118 valence electrons. The molecule has 0 saturated carbocycles. The van der Waals surface area contributed by atoms with Crippen LogP contribution in [-0.4, -0.2) is 22.5 Å². The normalized spacial score (nSPS) is 12.1. The maximum Gasteiger partial charge on any atom is 0.358 e. The topological polar surface area (TPSA) is 64.1 Å². The lowest BCUT2D eigenvalue weighted by Crippen LogP contribution is -2.13. The van der Waals surface area contributed by atoms with Crippen LogP contribution in [0.5, 0.6) is 0 Å². The summed E-state index contributed by atoms with van der Waals surface area (Å²) in [5, 5.41) is 5.15. The largest absolute Gasteiger partial charge is 0.461 e. The molecule has 0 amide bonds. The van der Waals surface area contributed by atoms with E-state index in [4.69, 9.17) is 4.74 Å². The molecule has 2 aromatic heterocycles. The lowest BCUT2D eigenvalue weighted by molar-refractivity contribution is 0.0522. The Morgan fingerprint density at radius 1 is 1.26 bits per heavy atom. The average molecular weight is 327 g/mol. The van der Waals surface area contributed by atoms with Gasteiger partial charge in [-0.15, -0.1) is 11.3 Å². The molecule has 0 spiro atoms. The number of esters is 1. The first-order chi connectivity index (χ1) is 11.2. The van der Waals surface area contributed by atoms with Gasteiger partial charge < -0.3 is 10.1 Å². The molecule has 0 aliphatic heterocycles. The van der Waals surface area contributed by atoms with Gasteiger partial charge in [-0.2, -0.15) is 0 Å². The van der Waals surface area contributed by atoms with E-state index < -0.39 is 5.97 Å². The first-order valence-corrected chi connectivity index (χ1v) is 8.31. The molecule has 6 heteroatoms. The van der Waals surface area contributed by atoms with Gasteiger partial charge >= 0.3 is 5.97 Å². The number of carbonyl (C=O) groups excluding carboxylic acids is 1. The summed E-state index contributed by atoms with van der Waals surface area (Å²) in [6, 6.07) is 11.9. The van der Waals surface area contributed by atoms with E-state index in [-0.39, 0.29) is 6.04 Å². The Kier molecular flexibility index (Phi) is 4.52. The summed E-state index contributed by atoms with van der Waals surface area (Å²) in [5.74, 6) is 0.00747. The van der Waals surface area contributed by atoms with Crippen molar-refractivity contribution in [3.8, 4) is 0 Å². The number of thiophene rings is 1. The average Bonchev–Trinajstić information content (AvgIpc) is 3.03. The lowest BCUT2D eigenvalue weighted by Gasteiger charge is -2.14. The SMILES string of the molecule is CCOC(=O)c1nc(N[C@@H](C)c2ccccc2)nc2ccsc12. The van der Waals surface area contributed by atoms with Gasteiger partial charge in [0.1, 0.15) is 0 Å². The van der Waals surface area contributed by atoms with Crippen LogP contribution in [0.25, 0.3) is 10.2 Å². The number of anilines is 1. The number of nitrogens with one attached hydrogen (secondary N) is 1. The molecule has 3 aromatic rings. The van der Waals surface area contributed by atoms with E-state index in [0.717, 1.165) is 15.8 Å². The molecule has 0 fully saturated rings. The summed E-state index contributed by atoms with van der Waals surface area (Å²) >= 11 is 1.44. The second kappa shape index (κ2) is 6.75. The first kappa shape index (κ1) is 15.4. The highest BCUT2D eigenvalue weighted by atomic mass is 32.1. The number of rotatable bonds is 5. The molecule has 3 rings (SSSR count). The molecule has 1 aromatic carbocycles. The Labute approximate surface area is 138 Å². The molecule has 23 heavy (non-hydrogen) atoms. The predicted molar refractivity (Wildman–Crippen MR) is 91.9 cm³/mol. The predicted octanol–water partition coefficient (Wildman–Crippen LogP) is 4.04. The summed E-state index contributed by atoms with van der Waals surface area (Å²) in [4.78, 5) is 21.0. The van der Waals surface area contributed by atoms with Crippen molar-refractivity contribution < 1.29 is 9.53 Å².